The summed E-state index contributed by atoms with van der Waals surface area (Å²) in [5.41, 5.74) is 1.70. The molecule has 2 atom stereocenters. The third-order valence-electron chi connectivity index (χ3n) is 5.42. The van der Waals surface area contributed by atoms with E-state index in [0.29, 0.717) is 18.7 Å². The van der Waals surface area contributed by atoms with Crippen LogP contribution in [0.3, 0.4) is 0 Å². The van der Waals surface area contributed by atoms with Crippen molar-refractivity contribution in [3.8, 4) is 0 Å². The first kappa shape index (κ1) is 19.9. The number of pyridine rings is 1. The molecule has 0 aliphatic carbocycles. The zero-order chi connectivity index (χ0) is 19.9. The Morgan fingerprint density at radius 2 is 1.68 bits per heavy atom. The number of benzene rings is 1. The van der Waals surface area contributed by atoms with Crippen molar-refractivity contribution in [2.75, 3.05) is 31.1 Å². The molecule has 0 radical (unpaired) electrons. The highest BCUT2D eigenvalue weighted by Crippen LogP contribution is 2.17. The highest BCUT2D eigenvalue weighted by molar-refractivity contribution is 5.97. The van der Waals surface area contributed by atoms with Gasteiger partial charge in [-0.3, -0.25) is 14.6 Å². The van der Waals surface area contributed by atoms with Crippen molar-refractivity contribution in [2.45, 2.75) is 26.3 Å². The number of piperazine rings is 1. The first-order chi connectivity index (χ1) is 13.6. The van der Waals surface area contributed by atoms with E-state index in [1.807, 2.05) is 49.1 Å². The highest BCUT2D eigenvalue weighted by Gasteiger charge is 2.32. The Hall–Kier alpha value is -2.89. The molecule has 1 aromatic carbocycles. The molecule has 148 valence electrons. The Kier molecular flexibility index (Phi) is 6.63. The van der Waals surface area contributed by atoms with E-state index in [-0.39, 0.29) is 17.7 Å². The van der Waals surface area contributed by atoms with Crippen LogP contribution in [-0.2, 0) is 4.79 Å². The number of aromatic nitrogens is 1. The number of carbonyl (C=O) groups is 2. The number of nitrogens with zero attached hydrogens (tertiary/aromatic N) is 3. The Balaban J connectivity index is 1.64. The van der Waals surface area contributed by atoms with Crippen LogP contribution >= 0.6 is 0 Å². The maximum Gasteiger partial charge on any atom is 0.251 e. The Labute approximate surface area is 166 Å². The standard InChI is InChI=1S/C22H28N4O2/c1-3-17(2)20(24-21(27)18-7-5-4-6-8-18)22(28)26-15-13-25(14-16-26)19-9-11-23-12-10-19/h4-12,17,20H,3,13-16H2,1-2H3,(H,24,27)/t17-,20-/m0/s1. The number of amides is 2. The van der Waals surface area contributed by atoms with Gasteiger partial charge in [0.25, 0.3) is 5.91 Å². The van der Waals surface area contributed by atoms with E-state index >= 15 is 0 Å². The number of rotatable bonds is 6. The predicted octanol–water partition coefficient (Wildman–Crippen LogP) is 2.57. The summed E-state index contributed by atoms with van der Waals surface area (Å²) in [5, 5.41) is 2.97. The third-order valence-corrected chi connectivity index (χ3v) is 5.42. The van der Waals surface area contributed by atoms with Gasteiger partial charge in [0.1, 0.15) is 6.04 Å². The van der Waals surface area contributed by atoms with Crippen LogP contribution < -0.4 is 10.2 Å². The molecule has 0 bridgehead atoms. The van der Waals surface area contributed by atoms with Crippen LogP contribution in [0.4, 0.5) is 5.69 Å². The molecule has 6 nitrogen and oxygen atoms in total. The lowest BCUT2D eigenvalue weighted by atomic mass is 9.97. The van der Waals surface area contributed by atoms with E-state index < -0.39 is 6.04 Å². The van der Waals surface area contributed by atoms with Gasteiger partial charge < -0.3 is 15.1 Å². The summed E-state index contributed by atoms with van der Waals surface area (Å²) in [4.78, 5) is 34.0. The molecule has 1 aliphatic heterocycles. The molecule has 0 unspecified atom stereocenters. The van der Waals surface area contributed by atoms with Crippen LogP contribution in [0.5, 0.6) is 0 Å². The first-order valence-corrected chi connectivity index (χ1v) is 9.89. The van der Waals surface area contributed by atoms with Gasteiger partial charge in [-0.1, -0.05) is 38.5 Å². The SMILES string of the molecule is CC[C@H](C)[C@H](NC(=O)c1ccccc1)C(=O)N1CCN(c2ccncc2)CC1. The van der Waals surface area contributed by atoms with Gasteiger partial charge in [-0.2, -0.15) is 0 Å². The van der Waals surface area contributed by atoms with E-state index in [1.165, 1.54) is 0 Å². The molecular formula is C22H28N4O2. The fourth-order valence-corrected chi connectivity index (χ4v) is 3.43. The average molecular weight is 380 g/mol. The summed E-state index contributed by atoms with van der Waals surface area (Å²) in [6.45, 7) is 6.90. The zero-order valence-electron chi connectivity index (χ0n) is 16.5. The molecule has 2 aromatic rings. The van der Waals surface area contributed by atoms with Crippen molar-refractivity contribution in [3.05, 3.63) is 60.4 Å². The zero-order valence-corrected chi connectivity index (χ0v) is 16.5. The molecule has 2 heterocycles. The van der Waals surface area contributed by atoms with Crippen molar-refractivity contribution in [1.29, 1.82) is 0 Å². The van der Waals surface area contributed by atoms with Crippen molar-refractivity contribution < 1.29 is 9.59 Å². The molecule has 1 saturated heterocycles. The normalized spacial score (nSPS) is 16.4. The largest absolute Gasteiger partial charge is 0.368 e. The Morgan fingerprint density at radius 3 is 2.29 bits per heavy atom. The monoisotopic (exact) mass is 380 g/mol. The lowest BCUT2D eigenvalue weighted by Crippen LogP contribution is -2.56. The minimum atomic E-state index is -0.509. The minimum Gasteiger partial charge on any atom is -0.368 e. The molecule has 0 saturated carbocycles. The fraction of sp³-hybridized carbons (Fsp3) is 0.409. The summed E-state index contributed by atoms with van der Waals surface area (Å²) in [6.07, 6.45) is 4.39. The molecule has 1 aliphatic rings. The summed E-state index contributed by atoms with van der Waals surface area (Å²) in [5.74, 6) is -0.124. The quantitative estimate of drug-likeness (QED) is 0.837. The van der Waals surface area contributed by atoms with Crippen LogP contribution in [0.25, 0.3) is 0 Å². The molecule has 1 N–H and O–H groups in total. The molecule has 28 heavy (non-hydrogen) atoms. The number of hydrogen-bond donors (Lipinski definition) is 1. The number of carbonyl (C=O) groups excluding carboxylic acids is 2. The summed E-state index contributed by atoms with van der Waals surface area (Å²) in [6, 6.07) is 12.5. The van der Waals surface area contributed by atoms with Gasteiger partial charge >= 0.3 is 0 Å². The second-order valence-corrected chi connectivity index (χ2v) is 7.22. The minimum absolute atomic E-state index is 0.00742. The molecule has 3 rings (SSSR count). The molecule has 6 heteroatoms. The Morgan fingerprint density at radius 1 is 1.04 bits per heavy atom. The van der Waals surface area contributed by atoms with E-state index in [0.717, 1.165) is 25.2 Å². The van der Waals surface area contributed by atoms with Crippen LogP contribution in [-0.4, -0.2) is 53.9 Å². The van der Waals surface area contributed by atoms with Gasteiger partial charge in [0.2, 0.25) is 5.91 Å². The van der Waals surface area contributed by atoms with Gasteiger partial charge in [0.15, 0.2) is 0 Å². The summed E-state index contributed by atoms with van der Waals surface area (Å²) < 4.78 is 0. The van der Waals surface area contributed by atoms with E-state index in [4.69, 9.17) is 0 Å². The van der Waals surface area contributed by atoms with Crippen molar-refractivity contribution in [3.63, 3.8) is 0 Å². The lowest BCUT2D eigenvalue weighted by Gasteiger charge is -2.38. The van der Waals surface area contributed by atoms with Gasteiger partial charge in [-0.15, -0.1) is 0 Å². The van der Waals surface area contributed by atoms with Crippen molar-refractivity contribution in [1.82, 2.24) is 15.2 Å². The maximum atomic E-state index is 13.2. The molecular weight excluding hydrogens is 352 g/mol. The topological polar surface area (TPSA) is 65.5 Å². The number of anilines is 1. The predicted molar refractivity (Wildman–Crippen MR) is 110 cm³/mol. The first-order valence-electron chi connectivity index (χ1n) is 9.89. The maximum absolute atomic E-state index is 13.2. The smallest absolute Gasteiger partial charge is 0.251 e. The van der Waals surface area contributed by atoms with Crippen LogP contribution in [0.2, 0.25) is 0 Å². The molecule has 2 amide bonds. The lowest BCUT2D eigenvalue weighted by molar-refractivity contribution is -0.134. The van der Waals surface area contributed by atoms with Crippen molar-refractivity contribution in [2.24, 2.45) is 5.92 Å². The van der Waals surface area contributed by atoms with Gasteiger partial charge in [0, 0.05) is 49.8 Å². The summed E-state index contributed by atoms with van der Waals surface area (Å²) >= 11 is 0. The second kappa shape index (κ2) is 9.35. The van der Waals surface area contributed by atoms with Crippen LogP contribution in [0.1, 0.15) is 30.6 Å². The van der Waals surface area contributed by atoms with Crippen LogP contribution in [0, 0.1) is 5.92 Å². The molecule has 1 aromatic heterocycles. The van der Waals surface area contributed by atoms with Crippen LogP contribution in [0.15, 0.2) is 54.9 Å². The fourth-order valence-electron chi connectivity index (χ4n) is 3.43. The van der Waals surface area contributed by atoms with E-state index in [2.05, 4.69) is 15.2 Å². The van der Waals surface area contributed by atoms with E-state index in [9.17, 15) is 9.59 Å². The average Bonchev–Trinajstić information content (AvgIpc) is 2.77. The number of nitrogens with one attached hydrogen (secondary N) is 1. The number of hydrogen-bond acceptors (Lipinski definition) is 4. The van der Waals surface area contributed by atoms with Gasteiger partial charge in [-0.25, -0.2) is 0 Å². The van der Waals surface area contributed by atoms with Crippen molar-refractivity contribution >= 4 is 17.5 Å². The third kappa shape index (κ3) is 4.68. The Bertz CT molecular complexity index is 774. The van der Waals surface area contributed by atoms with Gasteiger partial charge in [-0.05, 0) is 30.2 Å². The molecule has 1 fully saturated rings. The summed E-state index contributed by atoms with van der Waals surface area (Å²) in [7, 11) is 0. The highest BCUT2D eigenvalue weighted by atomic mass is 16.2. The molecule has 0 spiro atoms. The van der Waals surface area contributed by atoms with E-state index in [1.54, 1.807) is 24.5 Å². The second-order valence-electron chi connectivity index (χ2n) is 7.22. The van der Waals surface area contributed by atoms with Gasteiger partial charge in [0.05, 0.1) is 0 Å².